The van der Waals surface area contributed by atoms with Crippen LogP contribution >= 0.6 is 0 Å². The lowest BCUT2D eigenvalue weighted by atomic mass is 10.0. The molecule has 4 nitrogen and oxygen atoms in total. The number of benzene rings is 1. The molecule has 2 N–H and O–H groups in total. The number of H-pyrrole nitrogens is 1. The lowest BCUT2D eigenvalue weighted by molar-refractivity contribution is 0.0989. The molecule has 1 heterocycles. The van der Waals surface area contributed by atoms with E-state index >= 15 is 0 Å². The summed E-state index contributed by atoms with van der Waals surface area (Å²) in [6.45, 7) is 8.36. The maximum absolute atomic E-state index is 12.5. The number of aryl methyl sites for hydroxylation is 2. The Balaban J connectivity index is 2.53. The first-order valence-electron chi connectivity index (χ1n) is 6.88. The Labute approximate surface area is 119 Å². The first kappa shape index (κ1) is 14.6. The van der Waals surface area contributed by atoms with Crippen molar-refractivity contribution in [2.75, 3.05) is 13.7 Å². The standard InChI is InChI=1S/C16H22N2O2/c1-9(2)17-8-12(19)15-11(4)18-16-13(20-5)7-6-10(3)14(15)16/h6-7,9,17-18H,8H2,1-5H3. The molecule has 0 aliphatic heterocycles. The second-order valence-electron chi connectivity index (χ2n) is 5.42. The van der Waals surface area contributed by atoms with Gasteiger partial charge in [-0.1, -0.05) is 19.9 Å². The van der Waals surface area contributed by atoms with Gasteiger partial charge in [0.25, 0.3) is 0 Å². The first-order chi connectivity index (χ1) is 9.45. The van der Waals surface area contributed by atoms with Crippen molar-refractivity contribution in [3.63, 3.8) is 0 Å². The Morgan fingerprint density at radius 3 is 2.65 bits per heavy atom. The van der Waals surface area contributed by atoms with Crippen molar-refractivity contribution in [2.24, 2.45) is 0 Å². The molecule has 0 radical (unpaired) electrons. The third-order valence-electron chi connectivity index (χ3n) is 3.48. The zero-order valence-electron chi connectivity index (χ0n) is 12.8. The van der Waals surface area contributed by atoms with Crippen LogP contribution in [0.1, 0.15) is 35.5 Å². The molecule has 0 saturated carbocycles. The largest absolute Gasteiger partial charge is 0.495 e. The summed E-state index contributed by atoms with van der Waals surface area (Å²) in [5, 5.41) is 4.15. The number of hydrogen-bond donors (Lipinski definition) is 2. The second kappa shape index (κ2) is 5.67. The third kappa shape index (κ3) is 2.56. The first-order valence-corrected chi connectivity index (χ1v) is 6.88. The number of ether oxygens (including phenoxy) is 1. The molecule has 108 valence electrons. The monoisotopic (exact) mass is 274 g/mol. The average molecular weight is 274 g/mol. The summed E-state index contributed by atoms with van der Waals surface area (Å²) in [4.78, 5) is 15.8. The number of carbonyl (C=O) groups is 1. The van der Waals surface area contributed by atoms with Crippen LogP contribution in [0.15, 0.2) is 12.1 Å². The molecule has 1 aromatic carbocycles. The van der Waals surface area contributed by atoms with Gasteiger partial charge in [0.1, 0.15) is 5.75 Å². The molecule has 0 bridgehead atoms. The van der Waals surface area contributed by atoms with E-state index in [0.29, 0.717) is 12.6 Å². The van der Waals surface area contributed by atoms with Crippen LogP contribution in [0.2, 0.25) is 0 Å². The number of aromatic nitrogens is 1. The molecule has 20 heavy (non-hydrogen) atoms. The van der Waals surface area contributed by atoms with Gasteiger partial charge >= 0.3 is 0 Å². The Morgan fingerprint density at radius 2 is 2.05 bits per heavy atom. The molecule has 0 unspecified atom stereocenters. The molecule has 4 heteroatoms. The van der Waals surface area contributed by atoms with Crippen molar-refractivity contribution in [2.45, 2.75) is 33.7 Å². The molecule has 0 amide bonds. The smallest absolute Gasteiger partial charge is 0.179 e. The lowest BCUT2D eigenvalue weighted by Gasteiger charge is -2.08. The normalized spacial score (nSPS) is 11.3. The van der Waals surface area contributed by atoms with E-state index in [-0.39, 0.29) is 5.78 Å². The summed E-state index contributed by atoms with van der Waals surface area (Å²) in [5.74, 6) is 0.878. The van der Waals surface area contributed by atoms with Crippen molar-refractivity contribution in [3.8, 4) is 5.75 Å². The number of Topliss-reactive ketones (excluding diaryl/α,β-unsaturated/α-hetero) is 1. The molecule has 0 aliphatic carbocycles. The van der Waals surface area contributed by atoms with Gasteiger partial charge in [0.15, 0.2) is 5.78 Å². The maximum atomic E-state index is 12.5. The van der Waals surface area contributed by atoms with Crippen molar-refractivity contribution in [1.29, 1.82) is 0 Å². The van der Waals surface area contributed by atoms with Gasteiger partial charge < -0.3 is 15.0 Å². The fraction of sp³-hybridized carbons (Fsp3) is 0.438. The van der Waals surface area contributed by atoms with Crippen LogP contribution in [-0.4, -0.2) is 30.5 Å². The van der Waals surface area contributed by atoms with Gasteiger partial charge in [0, 0.05) is 22.7 Å². The van der Waals surface area contributed by atoms with Crippen LogP contribution in [-0.2, 0) is 0 Å². The van der Waals surface area contributed by atoms with Gasteiger partial charge in [-0.3, -0.25) is 4.79 Å². The number of nitrogens with one attached hydrogen (secondary N) is 2. The van der Waals surface area contributed by atoms with Crippen LogP contribution in [0.3, 0.4) is 0 Å². The molecule has 2 aromatic rings. The highest BCUT2D eigenvalue weighted by Gasteiger charge is 2.19. The van der Waals surface area contributed by atoms with Crippen LogP contribution < -0.4 is 10.1 Å². The van der Waals surface area contributed by atoms with E-state index in [0.717, 1.165) is 33.5 Å². The molecule has 1 aromatic heterocycles. The van der Waals surface area contributed by atoms with E-state index < -0.39 is 0 Å². The molecular weight excluding hydrogens is 252 g/mol. The highest BCUT2D eigenvalue weighted by Crippen LogP contribution is 2.32. The minimum absolute atomic E-state index is 0.110. The molecule has 2 rings (SSSR count). The zero-order valence-corrected chi connectivity index (χ0v) is 12.8. The fourth-order valence-electron chi connectivity index (χ4n) is 2.48. The summed E-state index contributed by atoms with van der Waals surface area (Å²) in [5.41, 5.74) is 3.64. The number of carbonyl (C=O) groups excluding carboxylic acids is 1. The van der Waals surface area contributed by atoms with Crippen LogP contribution in [0.25, 0.3) is 10.9 Å². The average Bonchev–Trinajstić information content (AvgIpc) is 2.74. The van der Waals surface area contributed by atoms with Crippen LogP contribution in [0.4, 0.5) is 0 Å². The number of rotatable bonds is 5. The van der Waals surface area contributed by atoms with Crippen LogP contribution in [0, 0.1) is 13.8 Å². The minimum atomic E-state index is 0.110. The SMILES string of the molecule is COc1ccc(C)c2c(C(=O)CNC(C)C)c(C)[nH]c12. The molecule has 0 aliphatic rings. The molecule has 0 fully saturated rings. The van der Waals surface area contributed by atoms with E-state index in [1.54, 1.807) is 7.11 Å². The maximum Gasteiger partial charge on any atom is 0.179 e. The number of ketones is 1. The van der Waals surface area contributed by atoms with Crippen molar-refractivity contribution in [3.05, 3.63) is 29.0 Å². The molecular formula is C16H22N2O2. The highest BCUT2D eigenvalue weighted by atomic mass is 16.5. The molecule has 0 atom stereocenters. The van der Waals surface area contributed by atoms with Gasteiger partial charge in [0.2, 0.25) is 0 Å². The van der Waals surface area contributed by atoms with Gasteiger partial charge in [-0.15, -0.1) is 0 Å². The van der Waals surface area contributed by atoms with E-state index in [2.05, 4.69) is 10.3 Å². The molecule has 0 spiro atoms. The van der Waals surface area contributed by atoms with E-state index in [4.69, 9.17) is 4.74 Å². The zero-order chi connectivity index (χ0) is 14.9. The Hall–Kier alpha value is -1.81. The van der Waals surface area contributed by atoms with Gasteiger partial charge in [-0.05, 0) is 25.5 Å². The Morgan fingerprint density at radius 1 is 1.35 bits per heavy atom. The van der Waals surface area contributed by atoms with E-state index in [9.17, 15) is 4.79 Å². The van der Waals surface area contributed by atoms with Gasteiger partial charge in [-0.25, -0.2) is 0 Å². The Kier molecular flexibility index (Phi) is 4.14. The number of aromatic amines is 1. The predicted octanol–water partition coefficient (Wildman–Crippen LogP) is 2.97. The Bertz CT molecular complexity index is 641. The lowest BCUT2D eigenvalue weighted by Crippen LogP contribution is -2.29. The molecule has 0 saturated heterocycles. The third-order valence-corrected chi connectivity index (χ3v) is 3.48. The van der Waals surface area contributed by atoms with E-state index in [1.165, 1.54) is 0 Å². The number of hydrogen-bond acceptors (Lipinski definition) is 3. The summed E-state index contributed by atoms with van der Waals surface area (Å²) in [6, 6.07) is 4.20. The fourth-order valence-corrected chi connectivity index (χ4v) is 2.48. The second-order valence-corrected chi connectivity index (χ2v) is 5.42. The highest BCUT2D eigenvalue weighted by molar-refractivity contribution is 6.12. The van der Waals surface area contributed by atoms with Crippen molar-refractivity contribution >= 4 is 16.7 Å². The number of methoxy groups -OCH3 is 1. The van der Waals surface area contributed by atoms with Crippen molar-refractivity contribution < 1.29 is 9.53 Å². The summed E-state index contributed by atoms with van der Waals surface area (Å²) < 4.78 is 5.37. The number of fused-ring (bicyclic) bond motifs is 1. The van der Waals surface area contributed by atoms with Gasteiger partial charge in [0.05, 0.1) is 19.2 Å². The van der Waals surface area contributed by atoms with Crippen molar-refractivity contribution in [1.82, 2.24) is 10.3 Å². The topological polar surface area (TPSA) is 54.1 Å². The minimum Gasteiger partial charge on any atom is -0.495 e. The van der Waals surface area contributed by atoms with E-state index in [1.807, 2.05) is 39.8 Å². The quantitative estimate of drug-likeness (QED) is 0.824. The summed E-state index contributed by atoms with van der Waals surface area (Å²) >= 11 is 0. The summed E-state index contributed by atoms with van der Waals surface area (Å²) in [6.07, 6.45) is 0. The van der Waals surface area contributed by atoms with Gasteiger partial charge in [-0.2, -0.15) is 0 Å². The van der Waals surface area contributed by atoms with Crippen LogP contribution in [0.5, 0.6) is 5.75 Å². The predicted molar refractivity (Wildman–Crippen MR) is 81.8 cm³/mol. The summed E-state index contributed by atoms with van der Waals surface area (Å²) in [7, 11) is 1.64.